The zero-order valence-electron chi connectivity index (χ0n) is 13.0. The lowest BCUT2D eigenvalue weighted by Gasteiger charge is -2.17. The summed E-state index contributed by atoms with van der Waals surface area (Å²) in [7, 11) is 0. The van der Waals surface area contributed by atoms with E-state index in [1.807, 2.05) is 24.3 Å². The van der Waals surface area contributed by atoms with Crippen molar-refractivity contribution in [3.05, 3.63) is 40.4 Å². The summed E-state index contributed by atoms with van der Waals surface area (Å²) in [6, 6.07) is 7.00. The van der Waals surface area contributed by atoms with E-state index in [0.717, 1.165) is 35.4 Å². The van der Waals surface area contributed by atoms with Gasteiger partial charge in [0, 0.05) is 12.8 Å². The maximum Gasteiger partial charge on any atom is 0.321 e. The molecule has 122 valence electrons. The average molecular weight is 332 g/mol. The Kier molecular flexibility index (Phi) is 4.88. The molecule has 0 aliphatic heterocycles. The van der Waals surface area contributed by atoms with Crippen LogP contribution in [0.4, 0.5) is 9.93 Å². The van der Waals surface area contributed by atoms with E-state index in [1.165, 1.54) is 11.3 Å². The third-order valence-corrected chi connectivity index (χ3v) is 4.82. The Labute approximate surface area is 139 Å². The molecule has 2 atom stereocenters. The van der Waals surface area contributed by atoms with Gasteiger partial charge in [-0.05, 0) is 17.5 Å². The summed E-state index contributed by atoms with van der Waals surface area (Å²) in [5.41, 5.74) is 2.04. The molecule has 0 fully saturated rings. The van der Waals surface area contributed by atoms with Gasteiger partial charge in [-0.2, -0.15) is 0 Å². The van der Waals surface area contributed by atoms with Crippen LogP contribution in [0.3, 0.4) is 0 Å². The molecule has 0 saturated carbocycles. The standard InChI is InChI=1S/C16H20N4O2S/c1-2-3-8-13-19-20-16(23-13)18-15(22)17-14-11-7-5-4-6-10(11)9-12(14)21/h4-7,12,14,21H,2-3,8-9H2,1H3,(H2,17,18,20,22)/t12-,14+/m1/s1. The highest BCUT2D eigenvalue weighted by Gasteiger charge is 2.31. The molecule has 7 heteroatoms. The number of hydrogen-bond acceptors (Lipinski definition) is 5. The number of aliphatic hydroxyl groups excluding tert-OH is 1. The average Bonchev–Trinajstić information content (AvgIpc) is 3.10. The van der Waals surface area contributed by atoms with E-state index in [-0.39, 0.29) is 6.03 Å². The van der Waals surface area contributed by atoms with Gasteiger partial charge in [0.05, 0.1) is 12.1 Å². The summed E-state index contributed by atoms with van der Waals surface area (Å²) in [5.74, 6) is 0. The van der Waals surface area contributed by atoms with Crippen LogP contribution in [0.15, 0.2) is 24.3 Å². The van der Waals surface area contributed by atoms with Crippen molar-refractivity contribution in [3.8, 4) is 0 Å². The molecule has 2 amide bonds. The van der Waals surface area contributed by atoms with E-state index in [2.05, 4.69) is 27.8 Å². The number of nitrogens with one attached hydrogen (secondary N) is 2. The second-order valence-corrected chi connectivity index (χ2v) is 6.71. The summed E-state index contributed by atoms with van der Waals surface area (Å²) < 4.78 is 0. The number of aryl methyl sites for hydroxylation is 1. The second-order valence-electron chi connectivity index (χ2n) is 5.65. The molecule has 0 unspecified atom stereocenters. The van der Waals surface area contributed by atoms with E-state index >= 15 is 0 Å². The molecule has 0 saturated heterocycles. The number of carbonyl (C=O) groups excluding carboxylic acids is 1. The number of rotatable bonds is 5. The quantitative estimate of drug-likeness (QED) is 0.785. The molecular weight excluding hydrogens is 312 g/mol. The van der Waals surface area contributed by atoms with Crippen molar-refractivity contribution in [2.24, 2.45) is 0 Å². The number of anilines is 1. The van der Waals surface area contributed by atoms with Crippen LogP contribution in [-0.2, 0) is 12.8 Å². The molecule has 1 heterocycles. The number of carbonyl (C=O) groups is 1. The largest absolute Gasteiger partial charge is 0.390 e. The number of urea groups is 1. The van der Waals surface area contributed by atoms with Crippen molar-refractivity contribution in [2.75, 3.05) is 5.32 Å². The first-order chi connectivity index (χ1) is 11.2. The van der Waals surface area contributed by atoms with Gasteiger partial charge in [-0.25, -0.2) is 4.79 Å². The van der Waals surface area contributed by atoms with Crippen LogP contribution in [0.1, 0.15) is 41.9 Å². The molecule has 0 radical (unpaired) electrons. The van der Waals surface area contributed by atoms with Gasteiger partial charge in [0.1, 0.15) is 5.01 Å². The predicted molar refractivity (Wildman–Crippen MR) is 89.6 cm³/mol. The van der Waals surface area contributed by atoms with Gasteiger partial charge in [0.15, 0.2) is 0 Å². The summed E-state index contributed by atoms with van der Waals surface area (Å²) in [6.45, 7) is 2.12. The van der Waals surface area contributed by atoms with Crippen molar-refractivity contribution in [2.45, 2.75) is 44.8 Å². The number of fused-ring (bicyclic) bond motifs is 1. The molecule has 2 aromatic rings. The zero-order valence-corrected chi connectivity index (χ0v) is 13.8. The number of nitrogens with zero attached hydrogens (tertiary/aromatic N) is 2. The lowest BCUT2D eigenvalue weighted by Crippen LogP contribution is -2.36. The van der Waals surface area contributed by atoms with E-state index in [0.29, 0.717) is 11.6 Å². The zero-order chi connectivity index (χ0) is 16.2. The maximum absolute atomic E-state index is 12.2. The van der Waals surface area contributed by atoms with Gasteiger partial charge in [-0.3, -0.25) is 5.32 Å². The maximum atomic E-state index is 12.2. The van der Waals surface area contributed by atoms with Gasteiger partial charge in [0.25, 0.3) is 0 Å². The van der Waals surface area contributed by atoms with Crippen molar-refractivity contribution >= 4 is 22.5 Å². The Morgan fingerprint density at radius 3 is 3.04 bits per heavy atom. The minimum atomic E-state index is -0.604. The number of benzene rings is 1. The van der Waals surface area contributed by atoms with E-state index in [1.54, 1.807) is 0 Å². The molecule has 3 rings (SSSR count). The van der Waals surface area contributed by atoms with Crippen LogP contribution in [-0.4, -0.2) is 27.4 Å². The Bertz CT molecular complexity index is 688. The van der Waals surface area contributed by atoms with Gasteiger partial charge in [-0.1, -0.05) is 48.9 Å². The summed E-state index contributed by atoms with van der Waals surface area (Å²) in [6.07, 6.45) is 2.99. The normalized spacial score (nSPS) is 19.4. The molecular formula is C16H20N4O2S. The van der Waals surface area contributed by atoms with E-state index < -0.39 is 12.1 Å². The summed E-state index contributed by atoms with van der Waals surface area (Å²) in [5, 5.41) is 25.1. The summed E-state index contributed by atoms with van der Waals surface area (Å²) >= 11 is 1.39. The Morgan fingerprint density at radius 2 is 2.22 bits per heavy atom. The van der Waals surface area contributed by atoms with Crippen molar-refractivity contribution in [1.29, 1.82) is 0 Å². The molecule has 23 heavy (non-hydrogen) atoms. The van der Waals surface area contributed by atoms with Crippen LogP contribution >= 0.6 is 11.3 Å². The number of aliphatic hydroxyl groups is 1. The predicted octanol–water partition coefficient (Wildman–Crippen LogP) is 2.66. The SMILES string of the molecule is CCCCc1nnc(NC(=O)N[C@H]2c3ccccc3C[C@H]2O)s1. The number of aromatic nitrogens is 2. The molecule has 3 N–H and O–H groups in total. The highest BCUT2D eigenvalue weighted by molar-refractivity contribution is 7.15. The van der Waals surface area contributed by atoms with Crippen molar-refractivity contribution in [3.63, 3.8) is 0 Å². The fourth-order valence-electron chi connectivity index (χ4n) is 2.76. The molecule has 0 spiro atoms. The van der Waals surface area contributed by atoms with Crippen LogP contribution in [0, 0.1) is 0 Å². The monoisotopic (exact) mass is 332 g/mol. The van der Waals surface area contributed by atoms with Gasteiger partial charge in [-0.15, -0.1) is 10.2 Å². The van der Waals surface area contributed by atoms with Crippen LogP contribution in [0.5, 0.6) is 0 Å². The van der Waals surface area contributed by atoms with Gasteiger partial charge < -0.3 is 10.4 Å². The molecule has 1 aromatic carbocycles. The Balaban J connectivity index is 1.60. The van der Waals surface area contributed by atoms with Crippen molar-refractivity contribution in [1.82, 2.24) is 15.5 Å². The molecule has 1 aromatic heterocycles. The molecule has 1 aliphatic rings. The molecule has 1 aliphatic carbocycles. The second kappa shape index (κ2) is 7.06. The van der Waals surface area contributed by atoms with Crippen LogP contribution in [0.25, 0.3) is 0 Å². The highest BCUT2D eigenvalue weighted by atomic mass is 32.1. The first-order valence-electron chi connectivity index (χ1n) is 7.83. The smallest absolute Gasteiger partial charge is 0.321 e. The number of unbranched alkanes of at least 4 members (excludes halogenated alkanes) is 1. The minimum absolute atomic E-state index is 0.371. The van der Waals surface area contributed by atoms with Gasteiger partial charge in [0.2, 0.25) is 5.13 Å². The van der Waals surface area contributed by atoms with Gasteiger partial charge >= 0.3 is 6.03 Å². The third kappa shape index (κ3) is 3.68. The fourth-order valence-corrected chi connectivity index (χ4v) is 3.53. The topological polar surface area (TPSA) is 87.1 Å². The fraction of sp³-hybridized carbons (Fsp3) is 0.438. The van der Waals surface area contributed by atoms with Crippen LogP contribution < -0.4 is 10.6 Å². The Morgan fingerprint density at radius 1 is 1.39 bits per heavy atom. The van der Waals surface area contributed by atoms with E-state index in [4.69, 9.17) is 0 Å². The van der Waals surface area contributed by atoms with Crippen molar-refractivity contribution < 1.29 is 9.90 Å². The number of amides is 2. The van der Waals surface area contributed by atoms with Crippen LogP contribution in [0.2, 0.25) is 0 Å². The lowest BCUT2D eigenvalue weighted by molar-refractivity contribution is 0.144. The highest BCUT2D eigenvalue weighted by Crippen LogP contribution is 2.31. The first kappa shape index (κ1) is 15.9. The Hall–Kier alpha value is -1.99. The molecule has 0 bridgehead atoms. The third-order valence-electron chi connectivity index (χ3n) is 3.92. The van der Waals surface area contributed by atoms with E-state index in [9.17, 15) is 9.90 Å². The minimum Gasteiger partial charge on any atom is -0.390 e. The lowest BCUT2D eigenvalue weighted by atomic mass is 10.1. The number of hydrogen-bond donors (Lipinski definition) is 3. The molecule has 6 nitrogen and oxygen atoms in total. The first-order valence-corrected chi connectivity index (χ1v) is 8.64. The summed E-state index contributed by atoms with van der Waals surface area (Å²) in [4.78, 5) is 12.2.